The van der Waals surface area contributed by atoms with Crippen LogP contribution in [0.15, 0.2) is 72.8 Å². The molecule has 192 valence electrons. The van der Waals surface area contributed by atoms with Gasteiger partial charge in [0.2, 0.25) is 0 Å². The second kappa shape index (κ2) is 10.6. The van der Waals surface area contributed by atoms with Crippen LogP contribution in [0.2, 0.25) is 0 Å². The van der Waals surface area contributed by atoms with Gasteiger partial charge in [0.05, 0.1) is 18.7 Å². The number of hydrogen-bond donors (Lipinski definition) is 1. The van der Waals surface area contributed by atoms with Gasteiger partial charge < -0.3 is 14.4 Å². The van der Waals surface area contributed by atoms with Crippen molar-refractivity contribution in [3.8, 4) is 5.75 Å². The summed E-state index contributed by atoms with van der Waals surface area (Å²) in [5, 5.41) is 12.7. The normalized spacial score (nSPS) is 13.3. The molecule has 36 heavy (non-hydrogen) atoms. The minimum Gasteiger partial charge on any atom is -0.507 e. The third kappa shape index (κ3) is 5.76. The van der Waals surface area contributed by atoms with Crippen LogP contribution < -0.4 is 10.6 Å². The summed E-state index contributed by atoms with van der Waals surface area (Å²) in [4.78, 5) is 13.0. The number of esters is 1. The molecule has 0 fully saturated rings. The Morgan fingerprint density at radius 2 is 1.25 bits per heavy atom. The number of rotatable bonds is 7. The Balaban J connectivity index is 2.41. The fraction of sp³-hybridized carbons (Fsp3) is 0.387. The van der Waals surface area contributed by atoms with Crippen LogP contribution in [0.1, 0.15) is 77.2 Å². The standard InChI is InChI=1S/C31H39O4P/c1-8-35-28(32)21-27(22-19-25(30(2,3)4)29(33)26(20-22)31(5,6)7)36(34,23-15-11-9-12-16-23)24-17-13-10-14-18-24/h9-20,27,33H,8,21H2,1-7H3. The highest BCUT2D eigenvalue weighted by atomic mass is 31.2. The topological polar surface area (TPSA) is 63.6 Å². The zero-order valence-corrected chi connectivity index (χ0v) is 23.4. The van der Waals surface area contributed by atoms with Gasteiger partial charge in [-0.2, -0.15) is 0 Å². The van der Waals surface area contributed by atoms with Crippen molar-refractivity contribution in [2.45, 2.75) is 71.4 Å². The molecule has 0 aromatic heterocycles. The molecule has 0 saturated carbocycles. The molecule has 0 spiro atoms. The van der Waals surface area contributed by atoms with E-state index in [2.05, 4.69) is 0 Å². The largest absolute Gasteiger partial charge is 0.507 e. The Labute approximate surface area is 216 Å². The van der Waals surface area contributed by atoms with Gasteiger partial charge in [-0.05, 0) is 34.4 Å². The van der Waals surface area contributed by atoms with Crippen LogP contribution in [0.3, 0.4) is 0 Å². The van der Waals surface area contributed by atoms with Crippen LogP contribution in [0, 0.1) is 0 Å². The average Bonchev–Trinajstić information content (AvgIpc) is 2.82. The number of ether oxygens (including phenoxy) is 1. The summed E-state index contributed by atoms with van der Waals surface area (Å²) in [7, 11) is -3.38. The number of hydrogen-bond acceptors (Lipinski definition) is 4. The molecule has 0 radical (unpaired) electrons. The number of aromatic hydroxyl groups is 1. The van der Waals surface area contributed by atoms with E-state index in [-0.39, 0.29) is 29.6 Å². The van der Waals surface area contributed by atoms with Crippen molar-refractivity contribution >= 4 is 23.7 Å². The van der Waals surface area contributed by atoms with Crippen LogP contribution in [0.4, 0.5) is 0 Å². The Hall–Kier alpha value is -2.84. The monoisotopic (exact) mass is 506 g/mol. The number of benzene rings is 3. The first-order valence-electron chi connectivity index (χ1n) is 12.5. The van der Waals surface area contributed by atoms with Crippen LogP contribution in [0.25, 0.3) is 0 Å². The van der Waals surface area contributed by atoms with E-state index in [1.807, 2.05) is 114 Å². The first kappa shape index (κ1) is 27.7. The Kier molecular flexibility index (Phi) is 8.20. The molecule has 3 aromatic carbocycles. The molecule has 0 heterocycles. The smallest absolute Gasteiger partial charge is 0.306 e. The molecule has 0 amide bonds. The fourth-order valence-electron chi connectivity index (χ4n) is 4.63. The van der Waals surface area contributed by atoms with Crippen molar-refractivity contribution in [2.24, 2.45) is 0 Å². The number of phenolic OH excluding ortho intramolecular Hbond substituents is 1. The lowest BCUT2D eigenvalue weighted by Crippen LogP contribution is -2.25. The third-order valence-corrected chi connectivity index (χ3v) is 10.0. The summed E-state index contributed by atoms with van der Waals surface area (Å²) < 4.78 is 20.8. The predicted molar refractivity (Wildman–Crippen MR) is 149 cm³/mol. The Bertz CT molecular complexity index is 1160. The van der Waals surface area contributed by atoms with Gasteiger partial charge >= 0.3 is 5.97 Å². The van der Waals surface area contributed by atoms with Gasteiger partial charge in [-0.25, -0.2) is 0 Å². The lowest BCUT2D eigenvalue weighted by atomic mass is 9.78. The summed E-state index contributed by atoms with van der Waals surface area (Å²) in [5.41, 5.74) is 0.921. The van der Waals surface area contributed by atoms with Crippen molar-refractivity contribution in [1.29, 1.82) is 0 Å². The molecule has 0 saturated heterocycles. The van der Waals surface area contributed by atoms with Gasteiger partial charge in [0.1, 0.15) is 5.75 Å². The zero-order chi connectivity index (χ0) is 26.7. The quantitative estimate of drug-likeness (QED) is 0.277. The molecule has 0 aliphatic heterocycles. The molecule has 1 N–H and O–H groups in total. The van der Waals surface area contributed by atoms with Gasteiger partial charge in [0.25, 0.3) is 0 Å². The van der Waals surface area contributed by atoms with Crippen LogP contribution >= 0.6 is 7.14 Å². The van der Waals surface area contributed by atoms with Gasteiger partial charge in [0, 0.05) is 10.6 Å². The molecule has 1 atom stereocenters. The lowest BCUT2D eigenvalue weighted by Gasteiger charge is -2.33. The zero-order valence-electron chi connectivity index (χ0n) is 22.5. The molecule has 3 aromatic rings. The van der Waals surface area contributed by atoms with Crippen molar-refractivity contribution in [3.05, 3.63) is 89.5 Å². The summed E-state index contributed by atoms with van der Waals surface area (Å²) in [6, 6.07) is 22.7. The predicted octanol–water partition coefficient (Wildman–Crippen LogP) is 7.00. The molecule has 3 rings (SSSR count). The minimum absolute atomic E-state index is 0.0349. The molecule has 1 unspecified atom stereocenters. The molecule has 4 nitrogen and oxygen atoms in total. The second-order valence-electron chi connectivity index (χ2n) is 11.3. The van der Waals surface area contributed by atoms with Crippen molar-refractivity contribution < 1.29 is 19.2 Å². The van der Waals surface area contributed by atoms with E-state index in [4.69, 9.17) is 4.74 Å². The maximum Gasteiger partial charge on any atom is 0.306 e. The summed E-state index contributed by atoms with van der Waals surface area (Å²) in [5.74, 6) is -0.139. The number of carbonyl (C=O) groups excluding carboxylic acids is 1. The minimum atomic E-state index is -3.38. The van der Waals surface area contributed by atoms with E-state index in [0.717, 1.165) is 16.7 Å². The molecular formula is C31H39O4P. The molecule has 0 bridgehead atoms. The molecule has 0 aliphatic rings. The van der Waals surface area contributed by atoms with Gasteiger partial charge in [0.15, 0.2) is 7.14 Å². The Morgan fingerprint density at radius 1 is 0.833 bits per heavy atom. The lowest BCUT2D eigenvalue weighted by molar-refractivity contribution is -0.143. The van der Waals surface area contributed by atoms with Crippen molar-refractivity contribution in [1.82, 2.24) is 0 Å². The van der Waals surface area contributed by atoms with Crippen molar-refractivity contribution in [2.75, 3.05) is 6.61 Å². The summed E-state index contributed by atoms with van der Waals surface area (Å²) in [6.45, 7) is 14.3. The molecule has 5 heteroatoms. The van der Waals surface area contributed by atoms with Crippen LogP contribution in [-0.4, -0.2) is 17.7 Å². The van der Waals surface area contributed by atoms with Crippen molar-refractivity contribution in [3.63, 3.8) is 0 Å². The van der Waals surface area contributed by atoms with Crippen LogP contribution in [0.5, 0.6) is 5.75 Å². The maximum atomic E-state index is 15.4. The van der Waals surface area contributed by atoms with Gasteiger partial charge in [-0.3, -0.25) is 4.79 Å². The second-order valence-corrected chi connectivity index (χ2v) is 14.3. The maximum absolute atomic E-state index is 15.4. The van der Waals surface area contributed by atoms with Gasteiger partial charge in [-0.1, -0.05) is 114 Å². The van der Waals surface area contributed by atoms with E-state index >= 15 is 4.57 Å². The highest BCUT2D eigenvalue weighted by Gasteiger charge is 2.41. The van der Waals surface area contributed by atoms with E-state index < -0.39 is 18.8 Å². The highest BCUT2D eigenvalue weighted by molar-refractivity contribution is 7.79. The summed E-state index contributed by atoms with van der Waals surface area (Å²) in [6.07, 6.45) is -0.0349. The third-order valence-electron chi connectivity index (χ3n) is 6.52. The number of carbonyl (C=O) groups is 1. The molecular weight excluding hydrogens is 467 g/mol. The van der Waals surface area contributed by atoms with E-state index in [1.165, 1.54) is 0 Å². The van der Waals surface area contributed by atoms with Gasteiger partial charge in [-0.15, -0.1) is 0 Å². The number of phenols is 1. The first-order chi connectivity index (χ1) is 16.8. The first-order valence-corrected chi connectivity index (χ1v) is 14.3. The van der Waals surface area contributed by atoms with E-state index in [9.17, 15) is 9.90 Å². The fourth-order valence-corrected chi connectivity index (χ4v) is 7.86. The SMILES string of the molecule is CCOC(=O)CC(c1cc(C(C)(C)C)c(O)c(C(C)(C)C)c1)P(=O)(c1ccccc1)c1ccccc1. The van der Waals surface area contributed by atoms with E-state index in [1.54, 1.807) is 6.92 Å². The van der Waals surface area contributed by atoms with E-state index in [0.29, 0.717) is 10.6 Å². The Morgan fingerprint density at radius 3 is 1.61 bits per heavy atom. The highest BCUT2D eigenvalue weighted by Crippen LogP contribution is 2.60. The summed E-state index contributed by atoms with van der Waals surface area (Å²) >= 11 is 0. The average molecular weight is 507 g/mol. The van der Waals surface area contributed by atoms with Crippen LogP contribution in [-0.2, 0) is 24.9 Å². The molecule has 0 aliphatic carbocycles.